The number of carbonyl (C=O) groups excluding carboxylic acids is 1. The van der Waals surface area contributed by atoms with Crippen molar-refractivity contribution in [1.82, 2.24) is 15.5 Å². The van der Waals surface area contributed by atoms with Crippen LogP contribution in [0.25, 0.3) is 0 Å². The summed E-state index contributed by atoms with van der Waals surface area (Å²) in [7, 11) is 1.63. The Bertz CT molecular complexity index is 634. The molecule has 0 aliphatic carbocycles. The zero-order valence-corrected chi connectivity index (χ0v) is 15.5. The number of rotatable bonds is 9. The van der Waals surface area contributed by atoms with E-state index in [1.54, 1.807) is 18.9 Å². The average Bonchev–Trinajstić information content (AvgIpc) is 3.04. The molecule has 0 spiro atoms. The zero-order valence-electron chi connectivity index (χ0n) is 13.1. The fourth-order valence-corrected chi connectivity index (χ4v) is 4.50. The van der Waals surface area contributed by atoms with Crippen molar-refractivity contribution in [3.63, 3.8) is 0 Å². The molecule has 1 N–H and O–H groups in total. The van der Waals surface area contributed by atoms with Gasteiger partial charge in [0, 0.05) is 17.9 Å². The van der Waals surface area contributed by atoms with Crippen LogP contribution >= 0.6 is 34.9 Å². The standard InChI is InChI=1S/C15H19N3O2S3/c1-3-8-21-14-17-18-15(23-14)22-10-13(19)16-9-11-6-4-5-7-12(11)20-2/h4-7H,3,8-10H2,1-2H3,(H,16,19). The van der Waals surface area contributed by atoms with Gasteiger partial charge in [-0.05, 0) is 12.5 Å². The Balaban J connectivity index is 1.75. The molecular weight excluding hydrogens is 350 g/mol. The van der Waals surface area contributed by atoms with Crippen molar-refractivity contribution in [2.24, 2.45) is 0 Å². The van der Waals surface area contributed by atoms with Gasteiger partial charge >= 0.3 is 0 Å². The van der Waals surface area contributed by atoms with E-state index in [0.717, 1.165) is 32.2 Å². The van der Waals surface area contributed by atoms with Crippen LogP contribution in [0, 0.1) is 0 Å². The Morgan fingerprint density at radius 3 is 2.74 bits per heavy atom. The molecule has 0 saturated carbocycles. The molecule has 23 heavy (non-hydrogen) atoms. The van der Waals surface area contributed by atoms with Gasteiger partial charge in [0.25, 0.3) is 0 Å². The molecule has 1 aromatic heterocycles. The molecule has 1 heterocycles. The highest BCUT2D eigenvalue weighted by Crippen LogP contribution is 2.28. The first-order chi connectivity index (χ1) is 11.2. The third kappa shape index (κ3) is 6.04. The molecule has 0 fully saturated rings. The summed E-state index contributed by atoms with van der Waals surface area (Å²) in [4.78, 5) is 11.9. The number of hydrogen-bond acceptors (Lipinski definition) is 7. The van der Waals surface area contributed by atoms with Gasteiger partial charge in [-0.1, -0.05) is 60.0 Å². The Hall–Kier alpha value is -1.25. The lowest BCUT2D eigenvalue weighted by Gasteiger charge is -2.09. The molecule has 0 atom stereocenters. The first-order valence-corrected chi connectivity index (χ1v) is 9.99. The van der Waals surface area contributed by atoms with E-state index in [1.807, 2.05) is 24.3 Å². The van der Waals surface area contributed by atoms with Crippen molar-refractivity contribution < 1.29 is 9.53 Å². The van der Waals surface area contributed by atoms with Gasteiger partial charge in [-0.2, -0.15) is 0 Å². The molecular formula is C15H19N3O2S3. The maximum atomic E-state index is 11.9. The second-order valence-corrected chi connectivity index (χ2v) is 8.10. The number of hydrogen-bond donors (Lipinski definition) is 1. The minimum absolute atomic E-state index is 0.0288. The van der Waals surface area contributed by atoms with E-state index < -0.39 is 0 Å². The normalized spacial score (nSPS) is 10.5. The summed E-state index contributed by atoms with van der Waals surface area (Å²) < 4.78 is 7.06. The van der Waals surface area contributed by atoms with Crippen LogP contribution in [0.1, 0.15) is 18.9 Å². The van der Waals surface area contributed by atoms with Crippen LogP contribution in [-0.4, -0.2) is 34.7 Å². The third-order valence-electron chi connectivity index (χ3n) is 2.81. The molecule has 2 aromatic rings. The highest BCUT2D eigenvalue weighted by atomic mass is 32.2. The molecule has 124 valence electrons. The lowest BCUT2D eigenvalue weighted by Crippen LogP contribution is -2.24. The number of ether oxygens (including phenoxy) is 1. The Labute approximate surface area is 148 Å². The van der Waals surface area contributed by atoms with Crippen molar-refractivity contribution in [2.45, 2.75) is 28.6 Å². The van der Waals surface area contributed by atoms with Crippen molar-refractivity contribution in [3.8, 4) is 5.75 Å². The number of amides is 1. The minimum Gasteiger partial charge on any atom is -0.496 e. The molecule has 1 aromatic carbocycles. The van der Waals surface area contributed by atoms with Crippen LogP contribution in [-0.2, 0) is 11.3 Å². The van der Waals surface area contributed by atoms with Crippen LogP contribution < -0.4 is 10.1 Å². The predicted octanol–water partition coefficient (Wildman–Crippen LogP) is 3.46. The van der Waals surface area contributed by atoms with Gasteiger partial charge in [0.05, 0.1) is 12.9 Å². The topological polar surface area (TPSA) is 64.1 Å². The SMILES string of the molecule is CCCSc1nnc(SCC(=O)NCc2ccccc2OC)s1. The average molecular weight is 370 g/mol. The van der Waals surface area contributed by atoms with Crippen LogP contribution in [0.5, 0.6) is 5.75 Å². The molecule has 5 nitrogen and oxygen atoms in total. The molecule has 0 aliphatic rings. The molecule has 0 aliphatic heterocycles. The highest BCUT2D eigenvalue weighted by molar-refractivity contribution is 8.03. The van der Waals surface area contributed by atoms with E-state index in [-0.39, 0.29) is 5.91 Å². The van der Waals surface area contributed by atoms with Crippen LogP contribution in [0.15, 0.2) is 32.9 Å². The Morgan fingerprint density at radius 2 is 2.00 bits per heavy atom. The van der Waals surface area contributed by atoms with E-state index in [0.29, 0.717) is 12.3 Å². The second-order valence-electron chi connectivity index (χ2n) is 4.56. The Kier molecular flexibility index (Phi) is 7.70. The molecule has 0 radical (unpaired) electrons. The first-order valence-electron chi connectivity index (χ1n) is 7.20. The van der Waals surface area contributed by atoms with E-state index in [9.17, 15) is 4.79 Å². The lowest BCUT2D eigenvalue weighted by atomic mass is 10.2. The fourth-order valence-electron chi connectivity index (χ4n) is 1.72. The minimum atomic E-state index is -0.0288. The molecule has 1 amide bonds. The predicted molar refractivity (Wildman–Crippen MR) is 96.5 cm³/mol. The fraction of sp³-hybridized carbons (Fsp3) is 0.400. The number of para-hydroxylation sites is 1. The quantitative estimate of drug-likeness (QED) is 0.683. The lowest BCUT2D eigenvalue weighted by molar-refractivity contribution is -0.118. The second kappa shape index (κ2) is 9.79. The molecule has 0 bridgehead atoms. The van der Waals surface area contributed by atoms with Gasteiger partial charge in [0.1, 0.15) is 5.75 Å². The van der Waals surface area contributed by atoms with Gasteiger partial charge in [-0.25, -0.2) is 0 Å². The smallest absolute Gasteiger partial charge is 0.230 e. The molecule has 2 rings (SSSR count). The largest absolute Gasteiger partial charge is 0.496 e. The summed E-state index contributed by atoms with van der Waals surface area (Å²) in [6.45, 7) is 2.59. The summed E-state index contributed by atoms with van der Waals surface area (Å²) in [6, 6.07) is 7.65. The summed E-state index contributed by atoms with van der Waals surface area (Å²) >= 11 is 4.66. The van der Waals surface area contributed by atoms with Crippen LogP contribution in [0.3, 0.4) is 0 Å². The van der Waals surface area contributed by atoms with E-state index >= 15 is 0 Å². The highest BCUT2D eigenvalue weighted by Gasteiger charge is 2.09. The van der Waals surface area contributed by atoms with Crippen molar-refractivity contribution in [3.05, 3.63) is 29.8 Å². The van der Waals surface area contributed by atoms with Gasteiger partial charge in [-0.3, -0.25) is 4.79 Å². The number of benzene rings is 1. The maximum Gasteiger partial charge on any atom is 0.230 e. The number of nitrogens with zero attached hydrogens (tertiary/aromatic N) is 2. The number of methoxy groups -OCH3 is 1. The molecule has 8 heteroatoms. The monoisotopic (exact) mass is 369 g/mol. The van der Waals surface area contributed by atoms with Crippen molar-refractivity contribution in [2.75, 3.05) is 18.6 Å². The zero-order chi connectivity index (χ0) is 16.5. The third-order valence-corrected chi connectivity index (χ3v) is 6.21. The number of nitrogens with one attached hydrogen (secondary N) is 1. The summed E-state index contributed by atoms with van der Waals surface area (Å²) in [5.74, 6) is 2.13. The maximum absolute atomic E-state index is 11.9. The van der Waals surface area contributed by atoms with Gasteiger partial charge in [0.2, 0.25) is 5.91 Å². The Morgan fingerprint density at radius 1 is 1.26 bits per heavy atom. The van der Waals surface area contributed by atoms with E-state index in [1.165, 1.54) is 23.1 Å². The van der Waals surface area contributed by atoms with Crippen LogP contribution in [0.4, 0.5) is 0 Å². The summed E-state index contributed by atoms with van der Waals surface area (Å²) in [5.41, 5.74) is 0.961. The number of aromatic nitrogens is 2. The summed E-state index contributed by atoms with van der Waals surface area (Å²) in [6.07, 6.45) is 1.11. The van der Waals surface area contributed by atoms with Gasteiger partial charge < -0.3 is 10.1 Å². The van der Waals surface area contributed by atoms with E-state index in [4.69, 9.17) is 4.74 Å². The van der Waals surface area contributed by atoms with Gasteiger partial charge in [0.15, 0.2) is 8.68 Å². The van der Waals surface area contributed by atoms with Crippen LogP contribution in [0.2, 0.25) is 0 Å². The van der Waals surface area contributed by atoms with Gasteiger partial charge in [-0.15, -0.1) is 10.2 Å². The van der Waals surface area contributed by atoms with Crippen molar-refractivity contribution in [1.29, 1.82) is 0 Å². The van der Waals surface area contributed by atoms with E-state index in [2.05, 4.69) is 22.4 Å². The number of carbonyl (C=O) groups is 1. The first kappa shape index (κ1) is 18.1. The number of thioether (sulfide) groups is 2. The van der Waals surface area contributed by atoms with Crippen molar-refractivity contribution >= 4 is 40.8 Å². The summed E-state index contributed by atoms with van der Waals surface area (Å²) in [5, 5.41) is 11.1. The molecule has 0 unspecified atom stereocenters. The molecule has 0 saturated heterocycles.